The van der Waals surface area contributed by atoms with Crippen LogP contribution in [-0.2, 0) is 4.79 Å². The number of nitrogens with zero attached hydrogens (tertiary/aromatic N) is 1. The van der Waals surface area contributed by atoms with Crippen molar-refractivity contribution in [1.29, 1.82) is 0 Å². The van der Waals surface area contributed by atoms with Gasteiger partial charge in [-0.05, 0) is 18.7 Å². The number of hydrogen-bond donors (Lipinski definition) is 0. The van der Waals surface area contributed by atoms with Crippen LogP contribution in [-0.4, -0.2) is 30.7 Å². The highest BCUT2D eigenvalue weighted by molar-refractivity contribution is 7.99. The molecule has 0 aliphatic carbocycles. The van der Waals surface area contributed by atoms with Gasteiger partial charge in [0, 0.05) is 13.6 Å². The fourth-order valence-corrected chi connectivity index (χ4v) is 2.17. The topological polar surface area (TPSA) is 20.3 Å². The summed E-state index contributed by atoms with van der Waals surface area (Å²) < 4.78 is 0. The van der Waals surface area contributed by atoms with Gasteiger partial charge in [0.25, 0.3) is 0 Å². The quantitative estimate of drug-likeness (QED) is 0.782. The van der Waals surface area contributed by atoms with Crippen molar-refractivity contribution in [3.63, 3.8) is 0 Å². The van der Waals surface area contributed by atoms with Crippen molar-refractivity contribution >= 4 is 17.7 Å². The van der Waals surface area contributed by atoms with Gasteiger partial charge < -0.3 is 4.90 Å². The van der Waals surface area contributed by atoms with Gasteiger partial charge in [0.05, 0.1) is 0 Å². The molecule has 82 valence electrons. The number of amides is 1. The average Bonchev–Trinajstić information content (AvgIpc) is 2.30. The second kappa shape index (κ2) is 5.81. The predicted molar refractivity (Wildman–Crippen MR) is 66.0 cm³/mol. The molecule has 0 aliphatic heterocycles. The summed E-state index contributed by atoms with van der Waals surface area (Å²) >= 11 is 1.58. The van der Waals surface area contributed by atoms with Crippen LogP contribution < -0.4 is 0 Å². The Hall–Kier alpha value is -0.960. The fourth-order valence-electron chi connectivity index (χ4n) is 1.36. The molecule has 1 atom stereocenters. The van der Waals surface area contributed by atoms with Gasteiger partial charge in [-0.2, -0.15) is 0 Å². The summed E-state index contributed by atoms with van der Waals surface area (Å²) in [5, 5.41) is -0.0730. The van der Waals surface area contributed by atoms with E-state index in [9.17, 15) is 4.79 Å². The molecule has 1 rings (SSSR count). The van der Waals surface area contributed by atoms with E-state index in [4.69, 9.17) is 0 Å². The van der Waals surface area contributed by atoms with Crippen molar-refractivity contribution < 1.29 is 4.79 Å². The van der Waals surface area contributed by atoms with Crippen LogP contribution in [0.1, 0.15) is 17.7 Å². The lowest BCUT2D eigenvalue weighted by Crippen LogP contribution is -2.30. The van der Waals surface area contributed by atoms with Gasteiger partial charge in [0.1, 0.15) is 5.25 Å². The Morgan fingerprint density at radius 2 is 2.00 bits per heavy atom. The molecule has 3 heteroatoms. The van der Waals surface area contributed by atoms with Crippen LogP contribution in [0.25, 0.3) is 0 Å². The number of likely N-dealkylation sites (N-methyl/N-ethyl adjacent to an activating group) is 1. The van der Waals surface area contributed by atoms with E-state index in [1.54, 1.807) is 16.7 Å². The summed E-state index contributed by atoms with van der Waals surface area (Å²) in [6.45, 7) is 2.74. The zero-order valence-corrected chi connectivity index (χ0v) is 10.3. The maximum absolute atomic E-state index is 12.0. The molecule has 0 saturated heterocycles. The van der Waals surface area contributed by atoms with Gasteiger partial charge in [-0.1, -0.05) is 30.3 Å². The van der Waals surface area contributed by atoms with Crippen molar-refractivity contribution in [2.75, 3.05) is 19.8 Å². The lowest BCUT2D eigenvalue weighted by molar-refractivity contribution is -0.129. The molecular weight excluding hydrogens is 206 g/mol. The Bertz CT molecular complexity index is 313. The molecule has 0 saturated carbocycles. The highest BCUT2D eigenvalue weighted by Gasteiger charge is 2.21. The van der Waals surface area contributed by atoms with Crippen LogP contribution in [0.4, 0.5) is 0 Å². The molecule has 0 radical (unpaired) electrons. The average molecular weight is 223 g/mol. The smallest absolute Gasteiger partial charge is 0.239 e. The highest BCUT2D eigenvalue weighted by Crippen LogP contribution is 2.27. The molecule has 0 heterocycles. The van der Waals surface area contributed by atoms with Gasteiger partial charge in [0.15, 0.2) is 0 Å². The van der Waals surface area contributed by atoms with E-state index in [1.807, 2.05) is 50.6 Å². The van der Waals surface area contributed by atoms with E-state index in [2.05, 4.69) is 0 Å². The van der Waals surface area contributed by atoms with Crippen LogP contribution >= 0.6 is 11.8 Å². The third-order valence-electron chi connectivity index (χ3n) is 2.41. The van der Waals surface area contributed by atoms with E-state index in [0.29, 0.717) is 0 Å². The minimum absolute atomic E-state index is 0.0730. The fraction of sp³-hybridized carbons (Fsp3) is 0.417. The Morgan fingerprint density at radius 1 is 1.40 bits per heavy atom. The number of benzene rings is 1. The molecule has 0 N–H and O–H groups in total. The third kappa shape index (κ3) is 2.99. The maximum Gasteiger partial charge on any atom is 0.239 e. The Kier molecular flexibility index (Phi) is 4.69. The molecule has 0 fully saturated rings. The normalized spacial score (nSPS) is 12.2. The van der Waals surface area contributed by atoms with Crippen LogP contribution in [0, 0.1) is 0 Å². The van der Waals surface area contributed by atoms with Crippen molar-refractivity contribution in [2.24, 2.45) is 0 Å². The van der Waals surface area contributed by atoms with Crippen LogP contribution in [0.3, 0.4) is 0 Å². The second-order valence-corrected chi connectivity index (χ2v) is 4.32. The molecular formula is C12H17NOS. The van der Waals surface area contributed by atoms with E-state index < -0.39 is 0 Å². The highest BCUT2D eigenvalue weighted by atomic mass is 32.2. The summed E-state index contributed by atoms with van der Waals surface area (Å²) in [7, 11) is 1.84. The molecule has 15 heavy (non-hydrogen) atoms. The number of carbonyl (C=O) groups is 1. The zero-order chi connectivity index (χ0) is 11.3. The van der Waals surface area contributed by atoms with Crippen molar-refractivity contribution in [2.45, 2.75) is 12.2 Å². The van der Waals surface area contributed by atoms with E-state index in [-0.39, 0.29) is 11.2 Å². The zero-order valence-electron chi connectivity index (χ0n) is 9.43. The minimum atomic E-state index is -0.0730. The summed E-state index contributed by atoms with van der Waals surface area (Å²) in [5.41, 5.74) is 1.08. The standard InChI is InChI=1S/C12H17NOS/c1-4-13(2)12(14)11(15-3)10-8-6-5-7-9-10/h5-9,11H,4H2,1-3H3. The molecule has 0 aliphatic rings. The summed E-state index contributed by atoms with van der Waals surface area (Å²) in [6, 6.07) is 9.91. The van der Waals surface area contributed by atoms with Gasteiger partial charge in [-0.15, -0.1) is 11.8 Å². The summed E-state index contributed by atoms with van der Waals surface area (Å²) in [5.74, 6) is 0.177. The van der Waals surface area contributed by atoms with Gasteiger partial charge in [-0.25, -0.2) is 0 Å². The van der Waals surface area contributed by atoms with E-state index in [1.165, 1.54) is 0 Å². The molecule has 2 nitrogen and oxygen atoms in total. The number of hydrogen-bond acceptors (Lipinski definition) is 2. The van der Waals surface area contributed by atoms with E-state index >= 15 is 0 Å². The molecule has 1 unspecified atom stereocenters. The molecule has 0 spiro atoms. The van der Waals surface area contributed by atoms with E-state index in [0.717, 1.165) is 12.1 Å². The number of carbonyl (C=O) groups excluding carboxylic acids is 1. The first-order valence-electron chi connectivity index (χ1n) is 5.03. The molecule has 1 amide bonds. The van der Waals surface area contributed by atoms with Gasteiger partial charge >= 0.3 is 0 Å². The molecule has 1 aromatic carbocycles. The van der Waals surface area contributed by atoms with Crippen molar-refractivity contribution in [3.05, 3.63) is 35.9 Å². The lowest BCUT2D eigenvalue weighted by Gasteiger charge is -2.21. The van der Waals surface area contributed by atoms with Crippen molar-refractivity contribution in [3.8, 4) is 0 Å². The summed E-state index contributed by atoms with van der Waals surface area (Å²) in [6.07, 6.45) is 1.97. The maximum atomic E-state index is 12.0. The Morgan fingerprint density at radius 3 is 2.47 bits per heavy atom. The van der Waals surface area contributed by atoms with Crippen LogP contribution in [0.5, 0.6) is 0 Å². The summed E-state index contributed by atoms with van der Waals surface area (Å²) in [4.78, 5) is 13.8. The second-order valence-electron chi connectivity index (χ2n) is 3.38. The monoisotopic (exact) mass is 223 g/mol. The SMILES string of the molecule is CCN(C)C(=O)C(SC)c1ccccc1. The third-order valence-corrected chi connectivity index (χ3v) is 3.36. The van der Waals surface area contributed by atoms with Crippen molar-refractivity contribution in [1.82, 2.24) is 4.90 Å². The molecule has 1 aromatic rings. The Labute approximate surface area is 95.7 Å². The Balaban J connectivity index is 2.85. The lowest BCUT2D eigenvalue weighted by atomic mass is 10.1. The first kappa shape index (κ1) is 12.1. The molecule has 0 aromatic heterocycles. The first-order chi connectivity index (χ1) is 7.20. The minimum Gasteiger partial charge on any atom is -0.345 e. The first-order valence-corrected chi connectivity index (χ1v) is 6.32. The van der Waals surface area contributed by atoms with Crippen LogP contribution in [0.2, 0.25) is 0 Å². The molecule has 0 bridgehead atoms. The largest absolute Gasteiger partial charge is 0.345 e. The van der Waals surface area contributed by atoms with Gasteiger partial charge in [0.2, 0.25) is 5.91 Å². The number of thioether (sulfide) groups is 1. The van der Waals surface area contributed by atoms with Crippen LogP contribution in [0.15, 0.2) is 30.3 Å². The van der Waals surface area contributed by atoms with Gasteiger partial charge in [-0.3, -0.25) is 4.79 Å². The predicted octanol–water partition coefficient (Wildman–Crippen LogP) is 2.57. The number of rotatable bonds is 4.